The van der Waals surface area contributed by atoms with Crippen LogP contribution in [0.3, 0.4) is 0 Å². The van der Waals surface area contributed by atoms with Crippen molar-refractivity contribution in [1.82, 2.24) is 0 Å². The maximum Gasteiger partial charge on any atom is 0.513 e. The molecule has 0 aliphatic carbocycles. The maximum absolute atomic E-state index is 11.0. The van der Waals surface area contributed by atoms with Gasteiger partial charge in [-0.05, 0) is 12.1 Å². The molecule has 0 aliphatic rings. The normalized spacial score (nSPS) is 10.6. The van der Waals surface area contributed by atoms with E-state index in [0.717, 1.165) is 13.4 Å². The zero-order valence-corrected chi connectivity index (χ0v) is 10.8. The van der Waals surface area contributed by atoms with E-state index in [2.05, 4.69) is 4.74 Å². The van der Waals surface area contributed by atoms with E-state index >= 15 is 0 Å². The zero-order valence-electron chi connectivity index (χ0n) is 10.00. The number of hydrogen-bond acceptors (Lipinski definition) is 7. The third-order valence-electron chi connectivity index (χ3n) is 1.74. The van der Waals surface area contributed by atoms with Crippen molar-refractivity contribution >= 4 is 16.3 Å². The van der Waals surface area contributed by atoms with Gasteiger partial charge in [0.1, 0.15) is 5.75 Å². The summed E-state index contributed by atoms with van der Waals surface area (Å²) in [5.41, 5.74) is 0. The monoisotopic (exact) mass is 276 g/mol. The van der Waals surface area contributed by atoms with Crippen molar-refractivity contribution in [3.05, 3.63) is 18.2 Å². The van der Waals surface area contributed by atoms with E-state index in [4.69, 9.17) is 13.7 Å². The fourth-order valence-electron chi connectivity index (χ4n) is 1.09. The second kappa shape index (κ2) is 5.58. The van der Waals surface area contributed by atoms with Crippen LogP contribution in [0.5, 0.6) is 17.2 Å². The standard InChI is InChI=1S/C10H12O7S/c1-14-8-5-4-7(16-10(11)15-2)6-9(8)17-18(3,12)13/h4-6H,1-3H3. The van der Waals surface area contributed by atoms with Crippen molar-refractivity contribution in [3.63, 3.8) is 0 Å². The van der Waals surface area contributed by atoms with Crippen LogP contribution in [0.1, 0.15) is 0 Å². The van der Waals surface area contributed by atoms with E-state index in [0.29, 0.717) is 0 Å². The molecule has 1 aromatic carbocycles. The average molecular weight is 276 g/mol. The number of rotatable bonds is 4. The molecule has 0 radical (unpaired) electrons. The van der Waals surface area contributed by atoms with E-state index in [9.17, 15) is 13.2 Å². The molecule has 0 amide bonds. The molecule has 0 bridgehead atoms. The quantitative estimate of drug-likeness (QED) is 0.463. The summed E-state index contributed by atoms with van der Waals surface area (Å²) in [6, 6.07) is 4.01. The molecule has 8 heteroatoms. The number of benzene rings is 1. The van der Waals surface area contributed by atoms with Gasteiger partial charge in [0, 0.05) is 6.07 Å². The third-order valence-corrected chi connectivity index (χ3v) is 2.23. The lowest BCUT2D eigenvalue weighted by Crippen LogP contribution is -2.09. The SMILES string of the molecule is COC(=O)Oc1ccc(OC)c(OS(C)(=O)=O)c1. The number of hydrogen-bond donors (Lipinski definition) is 0. The maximum atomic E-state index is 11.0. The average Bonchev–Trinajstić information content (AvgIpc) is 2.27. The Labute approximate surface area is 104 Å². The highest BCUT2D eigenvalue weighted by molar-refractivity contribution is 7.86. The number of carbonyl (C=O) groups excluding carboxylic acids is 1. The van der Waals surface area contributed by atoms with Crippen LogP contribution in [0.2, 0.25) is 0 Å². The minimum atomic E-state index is -3.71. The highest BCUT2D eigenvalue weighted by atomic mass is 32.2. The Morgan fingerprint density at radius 3 is 2.33 bits per heavy atom. The molecule has 0 aromatic heterocycles. The van der Waals surface area contributed by atoms with Crippen molar-refractivity contribution < 1.29 is 31.6 Å². The molecule has 0 saturated heterocycles. The first-order valence-corrected chi connectivity index (χ1v) is 6.50. The first-order valence-electron chi connectivity index (χ1n) is 4.69. The molecule has 0 atom stereocenters. The first-order chi connectivity index (χ1) is 8.35. The van der Waals surface area contributed by atoms with Crippen LogP contribution in [0, 0.1) is 0 Å². The Bertz CT molecular complexity index is 535. The smallest absolute Gasteiger partial charge is 0.493 e. The van der Waals surface area contributed by atoms with Crippen LogP contribution in [0.4, 0.5) is 4.79 Å². The van der Waals surface area contributed by atoms with Crippen molar-refractivity contribution in [2.75, 3.05) is 20.5 Å². The Balaban J connectivity index is 3.05. The molecule has 18 heavy (non-hydrogen) atoms. The van der Waals surface area contributed by atoms with Crippen molar-refractivity contribution in [1.29, 1.82) is 0 Å². The van der Waals surface area contributed by atoms with Gasteiger partial charge in [0.15, 0.2) is 11.5 Å². The van der Waals surface area contributed by atoms with Crippen LogP contribution in [-0.2, 0) is 14.9 Å². The molecule has 0 heterocycles. The molecule has 0 unspecified atom stereocenters. The summed E-state index contributed by atoms with van der Waals surface area (Å²) in [6.45, 7) is 0. The molecular weight excluding hydrogens is 264 g/mol. The van der Waals surface area contributed by atoms with Crippen LogP contribution in [0.15, 0.2) is 18.2 Å². The van der Waals surface area contributed by atoms with Gasteiger partial charge in [-0.1, -0.05) is 0 Å². The molecular formula is C10H12O7S. The molecule has 100 valence electrons. The molecule has 0 aliphatic heterocycles. The van der Waals surface area contributed by atoms with Crippen LogP contribution < -0.4 is 13.7 Å². The van der Waals surface area contributed by atoms with Crippen LogP contribution >= 0.6 is 0 Å². The fourth-order valence-corrected chi connectivity index (χ4v) is 1.54. The zero-order chi connectivity index (χ0) is 13.8. The lowest BCUT2D eigenvalue weighted by atomic mass is 10.3. The van der Waals surface area contributed by atoms with E-state index < -0.39 is 16.3 Å². The van der Waals surface area contributed by atoms with E-state index in [1.54, 1.807) is 0 Å². The number of carbonyl (C=O) groups is 1. The molecule has 0 N–H and O–H groups in total. The first kappa shape index (κ1) is 14.1. The van der Waals surface area contributed by atoms with Gasteiger partial charge in [-0.3, -0.25) is 0 Å². The topological polar surface area (TPSA) is 88.1 Å². The van der Waals surface area contributed by atoms with Gasteiger partial charge in [0.2, 0.25) is 0 Å². The predicted molar refractivity (Wildman–Crippen MR) is 61.5 cm³/mol. The molecule has 0 spiro atoms. The predicted octanol–water partition coefficient (Wildman–Crippen LogP) is 1.18. The summed E-state index contributed by atoms with van der Waals surface area (Å²) >= 11 is 0. The second-order valence-electron chi connectivity index (χ2n) is 3.16. The Morgan fingerprint density at radius 2 is 1.83 bits per heavy atom. The van der Waals surface area contributed by atoms with Crippen LogP contribution in [-0.4, -0.2) is 35.0 Å². The molecule has 1 rings (SSSR count). The Kier molecular flexibility index (Phi) is 4.38. The summed E-state index contributed by atoms with van der Waals surface area (Å²) in [7, 11) is -1.21. The van der Waals surface area contributed by atoms with Gasteiger partial charge in [0.25, 0.3) is 0 Å². The van der Waals surface area contributed by atoms with Crippen molar-refractivity contribution in [2.24, 2.45) is 0 Å². The van der Waals surface area contributed by atoms with Gasteiger partial charge >= 0.3 is 16.3 Å². The molecule has 1 aromatic rings. The number of ether oxygens (including phenoxy) is 3. The summed E-state index contributed by atoms with van der Waals surface area (Å²) < 4.78 is 40.7. The second-order valence-corrected chi connectivity index (χ2v) is 4.73. The van der Waals surface area contributed by atoms with Gasteiger partial charge in [0.05, 0.1) is 20.5 Å². The third kappa shape index (κ3) is 4.13. The molecule has 0 fully saturated rings. The Morgan fingerprint density at radius 1 is 1.17 bits per heavy atom. The van der Waals surface area contributed by atoms with Gasteiger partial charge in [-0.25, -0.2) is 4.79 Å². The lowest BCUT2D eigenvalue weighted by Gasteiger charge is -2.10. The lowest BCUT2D eigenvalue weighted by molar-refractivity contribution is 0.121. The molecule has 0 saturated carbocycles. The summed E-state index contributed by atoms with van der Waals surface area (Å²) in [4.78, 5) is 10.9. The molecule has 7 nitrogen and oxygen atoms in total. The van der Waals surface area contributed by atoms with Crippen molar-refractivity contribution in [2.45, 2.75) is 0 Å². The highest BCUT2D eigenvalue weighted by Crippen LogP contribution is 2.32. The minimum absolute atomic E-state index is 0.0706. The minimum Gasteiger partial charge on any atom is -0.493 e. The highest BCUT2D eigenvalue weighted by Gasteiger charge is 2.13. The summed E-state index contributed by atoms with van der Waals surface area (Å²) in [5, 5.41) is 0. The largest absolute Gasteiger partial charge is 0.513 e. The summed E-state index contributed by atoms with van der Waals surface area (Å²) in [5.74, 6) is 0.181. The van der Waals surface area contributed by atoms with Gasteiger partial charge in [-0.15, -0.1) is 0 Å². The van der Waals surface area contributed by atoms with Crippen molar-refractivity contribution in [3.8, 4) is 17.2 Å². The summed E-state index contributed by atoms with van der Waals surface area (Å²) in [6.07, 6.45) is -0.0363. The van der Waals surface area contributed by atoms with Gasteiger partial charge < -0.3 is 18.4 Å². The van der Waals surface area contributed by atoms with E-state index in [1.165, 1.54) is 25.3 Å². The van der Waals surface area contributed by atoms with E-state index in [1.807, 2.05) is 0 Å². The van der Waals surface area contributed by atoms with E-state index in [-0.39, 0.29) is 17.2 Å². The fraction of sp³-hybridized carbons (Fsp3) is 0.300. The van der Waals surface area contributed by atoms with Crippen LogP contribution in [0.25, 0.3) is 0 Å². The number of methoxy groups -OCH3 is 2. The van der Waals surface area contributed by atoms with Gasteiger partial charge in [-0.2, -0.15) is 8.42 Å². The Hall–Kier alpha value is -1.96.